The van der Waals surface area contributed by atoms with Crippen molar-refractivity contribution in [3.05, 3.63) is 50.6 Å². The number of H-pyrrole nitrogens is 1. The highest BCUT2D eigenvalue weighted by molar-refractivity contribution is 7.71. The van der Waals surface area contributed by atoms with E-state index in [1.165, 1.54) is 5.56 Å². The van der Waals surface area contributed by atoms with Crippen molar-refractivity contribution in [3.63, 3.8) is 0 Å². The molecule has 1 N–H and O–H groups in total. The molecule has 0 fully saturated rings. The summed E-state index contributed by atoms with van der Waals surface area (Å²) in [6.07, 6.45) is 2.77. The van der Waals surface area contributed by atoms with Gasteiger partial charge in [-0.25, -0.2) is 0 Å². The molecule has 0 saturated heterocycles. The maximum Gasteiger partial charge on any atom is 0.0522 e. The van der Waals surface area contributed by atoms with Gasteiger partial charge in [0.15, 0.2) is 0 Å². The normalized spacial score (nSPS) is 12.1. The molecule has 1 aromatic carbocycles. The number of aromatic amines is 1. The van der Waals surface area contributed by atoms with Gasteiger partial charge in [-0.2, -0.15) is 0 Å². The van der Waals surface area contributed by atoms with Crippen molar-refractivity contribution in [2.24, 2.45) is 0 Å². The first-order valence-electron chi connectivity index (χ1n) is 5.93. The summed E-state index contributed by atoms with van der Waals surface area (Å²) in [6.45, 7) is 6.02. The summed E-state index contributed by atoms with van der Waals surface area (Å²) in [5.74, 6) is 0. The van der Waals surface area contributed by atoms with Crippen molar-refractivity contribution >= 4 is 34.7 Å². The van der Waals surface area contributed by atoms with Crippen LogP contribution in [0.3, 0.4) is 0 Å². The molecule has 0 saturated carbocycles. The molecule has 2 aromatic rings. The molecular formula is C15H16ClNS. The molecule has 0 unspecified atom stereocenters. The Morgan fingerprint density at radius 3 is 2.78 bits per heavy atom. The number of aromatic nitrogens is 1. The minimum Gasteiger partial charge on any atom is -0.358 e. The second kappa shape index (κ2) is 5.25. The van der Waals surface area contributed by atoms with Crippen LogP contribution < -0.4 is 0 Å². The highest BCUT2D eigenvalue weighted by Crippen LogP contribution is 2.21. The van der Waals surface area contributed by atoms with Crippen molar-refractivity contribution in [2.45, 2.75) is 27.2 Å². The molecule has 0 amide bonds. The molecule has 0 bridgehead atoms. The third-order valence-electron chi connectivity index (χ3n) is 3.06. The summed E-state index contributed by atoms with van der Waals surface area (Å²) in [5, 5.41) is 1.92. The molecule has 0 radical (unpaired) electrons. The number of halogens is 1. The molecule has 0 aliphatic rings. The topological polar surface area (TPSA) is 15.8 Å². The lowest BCUT2D eigenvalue weighted by atomic mass is 10.0. The predicted molar refractivity (Wildman–Crippen MR) is 81.9 cm³/mol. The average Bonchev–Trinajstić information content (AvgIpc) is 2.30. The van der Waals surface area contributed by atoms with E-state index in [0.29, 0.717) is 0 Å². The van der Waals surface area contributed by atoms with Crippen LogP contribution in [0.2, 0.25) is 0 Å². The maximum absolute atomic E-state index is 5.89. The summed E-state index contributed by atoms with van der Waals surface area (Å²) < 4.78 is 0.930. The molecule has 1 aromatic heterocycles. The van der Waals surface area contributed by atoms with E-state index in [4.69, 9.17) is 23.8 Å². The van der Waals surface area contributed by atoms with Crippen molar-refractivity contribution in [1.82, 2.24) is 4.98 Å². The van der Waals surface area contributed by atoms with Crippen LogP contribution in [0, 0.1) is 18.4 Å². The number of nitrogens with one attached hydrogen (secondary N) is 1. The Labute approximate surface area is 117 Å². The van der Waals surface area contributed by atoms with E-state index in [1.807, 2.05) is 13.0 Å². The number of allylic oxidation sites excluding steroid dienone is 2. The zero-order valence-electron chi connectivity index (χ0n) is 10.8. The van der Waals surface area contributed by atoms with Gasteiger partial charge in [-0.15, -0.1) is 0 Å². The third-order valence-corrected chi connectivity index (χ3v) is 3.68. The van der Waals surface area contributed by atoms with Crippen molar-refractivity contribution in [1.29, 1.82) is 0 Å². The summed E-state index contributed by atoms with van der Waals surface area (Å²) in [7, 11) is 0. The van der Waals surface area contributed by atoms with Gasteiger partial charge >= 0.3 is 0 Å². The predicted octanol–water partition coefficient (Wildman–Crippen LogP) is 5.20. The van der Waals surface area contributed by atoms with E-state index in [0.717, 1.165) is 38.1 Å². The second-order valence-corrected chi connectivity index (χ2v) is 5.61. The fourth-order valence-electron chi connectivity index (χ4n) is 2.05. The molecule has 0 atom stereocenters. The molecule has 0 aliphatic heterocycles. The zero-order valence-corrected chi connectivity index (χ0v) is 12.4. The Bertz CT molecular complexity index is 679. The van der Waals surface area contributed by atoms with E-state index < -0.39 is 0 Å². The first kappa shape index (κ1) is 13.3. The first-order valence-corrected chi connectivity index (χ1v) is 6.72. The summed E-state index contributed by atoms with van der Waals surface area (Å²) in [6, 6.07) is 6.31. The van der Waals surface area contributed by atoms with Crippen molar-refractivity contribution in [3.8, 4) is 0 Å². The van der Waals surface area contributed by atoms with Crippen LogP contribution in [0.25, 0.3) is 10.9 Å². The van der Waals surface area contributed by atoms with Crippen molar-refractivity contribution in [2.75, 3.05) is 0 Å². The fraction of sp³-hybridized carbons (Fsp3) is 0.267. The Morgan fingerprint density at radius 2 is 2.11 bits per heavy atom. The van der Waals surface area contributed by atoms with Crippen LogP contribution in [-0.2, 0) is 6.42 Å². The molecule has 0 spiro atoms. The van der Waals surface area contributed by atoms with E-state index in [9.17, 15) is 0 Å². The largest absolute Gasteiger partial charge is 0.358 e. The van der Waals surface area contributed by atoms with Crippen LogP contribution in [0.1, 0.15) is 23.7 Å². The minimum atomic E-state index is 0.778. The number of pyridine rings is 1. The van der Waals surface area contributed by atoms with Crippen LogP contribution in [-0.4, -0.2) is 4.98 Å². The quantitative estimate of drug-likeness (QED) is 0.746. The second-order valence-electron chi connectivity index (χ2n) is 4.60. The Kier molecular flexibility index (Phi) is 3.88. The van der Waals surface area contributed by atoms with Gasteiger partial charge in [0.1, 0.15) is 0 Å². The van der Waals surface area contributed by atoms with Crippen molar-refractivity contribution < 1.29 is 0 Å². The third kappa shape index (κ3) is 2.65. The van der Waals surface area contributed by atoms with Gasteiger partial charge in [-0.05, 0) is 44.9 Å². The van der Waals surface area contributed by atoms with Gasteiger partial charge in [-0.1, -0.05) is 41.5 Å². The number of hydrogen-bond donors (Lipinski definition) is 1. The molecule has 0 aliphatic carbocycles. The number of aryl methyl sites for hydroxylation is 2. The lowest BCUT2D eigenvalue weighted by molar-refractivity contribution is 1.12. The summed E-state index contributed by atoms with van der Waals surface area (Å²) in [5.41, 5.74) is 4.59. The maximum atomic E-state index is 5.89. The molecule has 3 heteroatoms. The van der Waals surface area contributed by atoms with E-state index >= 15 is 0 Å². The van der Waals surface area contributed by atoms with Gasteiger partial charge in [0.2, 0.25) is 0 Å². The Balaban J connectivity index is 2.67. The van der Waals surface area contributed by atoms with E-state index in [1.54, 1.807) is 0 Å². The molecule has 18 heavy (non-hydrogen) atoms. The monoisotopic (exact) mass is 277 g/mol. The molecule has 1 heterocycles. The van der Waals surface area contributed by atoms with Gasteiger partial charge < -0.3 is 4.98 Å². The van der Waals surface area contributed by atoms with Gasteiger partial charge in [-0.3, -0.25) is 0 Å². The van der Waals surface area contributed by atoms with E-state index in [2.05, 4.69) is 37.0 Å². The number of fused-ring (bicyclic) bond motifs is 1. The van der Waals surface area contributed by atoms with Gasteiger partial charge in [0.25, 0.3) is 0 Å². The van der Waals surface area contributed by atoms with Crippen LogP contribution >= 0.6 is 23.8 Å². The molecule has 94 valence electrons. The smallest absolute Gasteiger partial charge is 0.0522 e. The Hall–Kier alpha value is -1.12. The van der Waals surface area contributed by atoms with Crippen LogP contribution in [0.5, 0.6) is 0 Å². The van der Waals surface area contributed by atoms with E-state index in [-0.39, 0.29) is 0 Å². The zero-order chi connectivity index (χ0) is 13.3. The molecular weight excluding hydrogens is 262 g/mol. The SMILES string of the molecule is CC(Cl)=CCc1c(C)[nH]c2ccc(C)cc2c1=S. The summed E-state index contributed by atoms with van der Waals surface area (Å²) >= 11 is 11.5. The summed E-state index contributed by atoms with van der Waals surface area (Å²) in [4.78, 5) is 3.41. The highest BCUT2D eigenvalue weighted by Gasteiger charge is 2.05. The van der Waals surface area contributed by atoms with Crippen LogP contribution in [0.4, 0.5) is 0 Å². The number of rotatable bonds is 2. The standard InChI is InChI=1S/C15H16ClNS/c1-9-4-7-14-13(8-9)15(18)12(11(3)17-14)6-5-10(2)16/h4-5,7-8H,6H2,1-3H3,(H,17,18). The molecule has 1 nitrogen and oxygen atoms in total. The molecule has 2 rings (SSSR count). The Morgan fingerprint density at radius 1 is 1.39 bits per heavy atom. The lowest BCUT2D eigenvalue weighted by Gasteiger charge is -2.09. The number of hydrogen-bond acceptors (Lipinski definition) is 1. The van der Waals surface area contributed by atoms with Gasteiger partial charge in [0, 0.05) is 21.6 Å². The lowest BCUT2D eigenvalue weighted by Crippen LogP contribution is -1.95. The average molecular weight is 278 g/mol. The number of benzene rings is 1. The first-order chi connectivity index (χ1) is 8.49. The fourth-order valence-corrected chi connectivity index (χ4v) is 2.54. The minimum absolute atomic E-state index is 0.778. The highest BCUT2D eigenvalue weighted by atomic mass is 35.5. The van der Waals surface area contributed by atoms with Gasteiger partial charge in [0.05, 0.1) is 4.51 Å². The van der Waals surface area contributed by atoms with Crippen LogP contribution in [0.15, 0.2) is 29.3 Å².